The number of alkyl halides is 1. The molecule has 2 aromatic heterocycles. The topological polar surface area (TPSA) is 44.2 Å². The fourth-order valence-corrected chi connectivity index (χ4v) is 2.28. The van der Waals surface area contributed by atoms with Crippen LogP contribution in [-0.4, -0.2) is 28.9 Å². The molecule has 1 fully saturated rings. The summed E-state index contributed by atoms with van der Waals surface area (Å²) in [6.07, 6.45) is 4.48. The summed E-state index contributed by atoms with van der Waals surface area (Å²) in [6.45, 7) is 8.32. The van der Waals surface area contributed by atoms with Crippen molar-refractivity contribution in [1.82, 2.24) is 9.97 Å². The van der Waals surface area contributed by atoms with Gasteiger partial charge in [0, 0.05) is 29.0 Å². The normalized spacial score (nSPS) is 15.6. The molecule has 0 atom stereocenters. The van der Waals surface area contributed by atoms with Crippen molar-refractivity contribution in [2.75, 3.05) is 13.2 Å². The summed E-state index contributed by atoms with van der Waals surface area (Å²) in [7, 11) is 0. The number of fused-ring (bicyclic) bond motifs is 1. The van der Waals surface area contributed by atoms with Crippen LogP contribution in [0.5, 0.6) is 5.88 Å². The van der Waals surface area contributed by atoms with Crippen molar-refractivity contribution in [3.05, 3.63) is 36.3 Å². The van der Waals surface area contributed by atoms with Crippen LogP contribution >= 0.6 is 0 Å². The van der Waals surface area contributed by atoms with Crippen molar-refractivity contribution in [3.8, 4) is 5.88 Å². The molecule has 116 valence electrons. The van der Waals surface area contributed by atoms with E-state index in [1.807, 2.05) is 19.9 Å². The molecule has 0 saturated heterocycles. The highest BCUT2D eigenvalue weighted by atomic mass is 19.1. The molecule has 0 amide bonds. The quantitative estimate of drug-likeness (QED) is 0.761. The Morgan fingerprint density at radius 3 is 2.77 bits per heavy atom. The van der Waals surface area contributed by atoms with Crippen LogP contribution < -0.4 is 4.74 Å². The second kappa shape index (κ2) is 5.55. The summed E-state index contributed by atoms with van der Waals surface area (Å²) < 4.78 is 24.8. The minimum Gasteiger partial charge on any atom is -0.494 e. The summed E-state index contributed by atoms with van der Waals surface area (Å²) in [4.78, 5) is 8.59. The number of hydrogen-bond acceptors (Lipinski definition) is 4. The third-order valence-corrected chi connectivity index (χ3v) is 3.75. The fourth-order valence-electron chi connectivity index (χ4n) is 2.28. The molecule has 22 heavy (non-hydrogen) atoms. The summed E-state index contributed by atoms with van der Waals surface area (Å²) >= 11 is 0. The molecule has 0 radical (unpaired) electrons. The molecular weight excluding hydrogens is 283 g/mol. The Balaban J connectivity index is 2.00. The van der Waals surface area contributed by atoms with Crippen molar-refractivity contribution < 1.29 is 13.9 Å². The largest absolute Gasteiger partial charge is 0.494 e. The van der Waals surface area contributed by atoms with Gasteiger partial charge in [0.2, 0.25) is 5.88 Å². The summed E-state index contributed by atoms with van der Waals surface area (Å²) in [5.74, 6) is 0.959. The van der Waals surface area contributed by atoms with Gasteiger partial charge in [-0.05, 0) is 32.8 Å². The monoisotopic (exact) mass is 302 g/mol. The first-order valence-corrected chi connectivity index (χ1v) is 7.41. The van der Waals surface area contributed by atoms with Gasteiger partial charge in [0.25, 0.3) is 0 Å². The molecule has 1 saturated carbocycles. The minimum atomic E-state index is -1.18. The van der Waals surface area contributed by atoms with Gasteiger partial charge >= 0.3 is 0 Å². The molecule has 0 unspecified atom stereocenters. The van der Waals surface area contributed by atoms with E-state index >= 15 is 0 Å². The van der Waals surface area contributed by atoms with Crippen LogP contribution in [0, 0.1) is 6.92 Å². The number of aryl methyl sites for hydroxylation is 1. The predicted octanol–water partition coefficient (Wildman–Crippen LogP) is 3.83. The Kier molecular flexibility index (Phi) is 3.72. The third kappa shape index (κ3) is 2.89. The number of aromatic nitrogens is 2. The van der Waals surface area contributed by atoms with E-state index in [9.17, 15) is 4.39 Å². The average Bonchev–Trinajstić information content (AvgIpc) is 3.22. The zero-order valence-corrected chi connectivity index (χ0v) is 12.9. The number of ether oxygens (including phenoxy) is 2. The highest BCUT2D eigenvalue weighted by molar-refractivity contribution is 5.94. The van der Waals surface area contributed by atoms with E-state index in [2.05, 4.69) is 16.5 Å². The Labute approximate surface area is 129 Å². The van der Waals surface area contributed by atoms with Crippen molar-refractivity contribution in [1.29, 1.82) is 0 Å². The molecule has 0 N–H and O–H groups in total. The lowest BCUT2D eigenvalue weighted by molar-refractivity contribution is 0.174. The van der Waals surface area contributed by atoms with E-state index in [0.717, 1.165) is 22.0 Å². The van der Waals surface area contributed by atoms with E-state index in [-0.39, 0.29) is 6.61 Å². The average molecular weight is 302 g/mol. The minimum absolute atomic E-state index is 0.0364. The zero-order valence-electron chi connectivity index (χ0n) is 12.9. The van der Waals surface area contributed by atoms with Crippen molar-refractivity contribution in [2.45, 2.75) is 32.4 Å². The Hall–Kier alpha value is -2.17. The molecular formula is C17H19FN2O2. The number of pyridine rings is 2. The van der Waals surface area contributed by atoms with Gasteiger partial charge in [-0.1, -0.05) is 6.58 Å². The van der Waals surface area contributed by atoms with Gasteiger partial charge in [0.1, 0.15) is 18.0 Å². The van der Waals surface area contributed by atoms with Gasteiger partial charge in [-0.3, -0.25) is 4.98 Å². The van der Waals surface area contributed by atoms with Crippen LogP contribution in [0.25, 0.3) is 16.5 Å². The van der Waals surface area contributed by atoms with Gasteiger partial charge < -0.3 is 9.47 Å². The molecule has 4 nitrogen and oxygen atoms in total. The third-order valence-electron chi connectivity index (χ3n) is 3.75. The Bertz CT molecular complexity index is 726. The lowest BCUT2D eigenvalue weighted by Gasteiger charge is -2.14. The summed E-state index contributed by atoms with van der Waals surface area (Å²) in [6, 6.07) is 1.94. The van der Waals surface area contributed by atoms with Crippen molar-refractivity contribution in [2.24, 2.45) is 0 Å². The Morgan fingerprint density at radius 2 is 2.09 bits per heavy atom. The van der Waals surface area contributed by atoms with E-state index in [0.29, 0.717) is 31.1 Å². The molecule has 1 aliphatic rings. The summed E-state index contributed by atoms with van der Waals surface area (Å²) in [5.41, 5.74) is 0.495. The molecule has 0 bridgehead atoms. The molecule has 2 heterocycles. The number of nitrogens with zero attached hydrogens (tertiary/aromatic N) is 2. The van der Waals surface area contributed by atoms with E-state index < -0.39 is 5.67 Å². The number of rotatable bonds is 6. The molecule has 2 aromatic rings. The van der Waals surface area contributed by atoms with Crippen LogP contribution in [0.2, 0.25) is 0 Å². The van der Waals surface area contributed by atoms with Crippen LogP contribution in [0.3, 0.4) is 0 Å². The first-order chi connectivity index (χ1) is 10.5. The highest BCUT2D eigenvalue weighted by Gasteiger charge is 2.44. The molecule has 0 aromatic carbocycles. The molecule has 0 aliphatic heterocycles. The van der Waals surface area contributed by atoms with Gasteiger partial charge in [-0.25, -0.2) is 9.37 Å². The lowest BCUT2D eigenvalue weighted by atomic mass is 10.1. The molecule has 1 aliphatic carbocycles. The second-order valence-electron chi connectivity index (χ2n) is 5.64. The van der Waals surface area contributed by atoms with E-state index in [1.165, 1.54) is 0 Å². The highest BCUT2D eigenvalue weighted by Crippen LogP contribution is 2.40. The van der Waals surface area contributed by atoms with Crippen LogP contribution in [0.4, 0.5) is 4.39 Å². The fraction of sp³-hybridized carbons (Fsp3) is 0.412. The summed E-state index contributed by atoms with van der Waals surface area (Å²) in [5, 5.41) is 1.65. The van der Waals surface area contributed by atoms with Crippen LogP contribution in [0.1, 0.15) is 31.0 Å². The SMILES string of the molecule is C=C(OCC)c1cnc(OCC2(F)CC2)c2cnc(C)cc12. The van der Waals surface area contributed by atoms with Gasteiger partial charge in [-0.15, -0.1) is 0 Å². The molecule has 0 spiro atoms. The second-order valence-corrected chi connectivity index (χ2v) is 5.64. The van der Waals surface area contributed by atoms with Gasteiger partial charge in [0.05, 0.1) is 12.0 Å². The number of halogens is 1. The van der Waals surface area contributed by atoms with Crippen molar-refractivity contribution >= 4 is 16.5 Å². The standard InChI is InChI=1S/C17H19FN2O2/c1-4-21-12(3)14-8-20-16(22-10-17(18)5-6-17)15-9-19-11(2)7-13(14)15/h7-9H,3-6,10H2,1-2H3. The van der Waals surface area contributed by atoms with Crippen LogP contribution in [-0.2, 0) is 4.74 Å². The first-order valence-electron chi connectivity index (χ1n) is 7.41. The first kappa shape index (κ1) is 14.8. The van der Waals surface area contributed by atoms with Crippen molar-refractivity contribution in [3.63, 3.8) is 0 Å². The Morgan fingerprint density at radius 1 is 1.32 bits per heavy atom. The maximum atomic E-state index is 13.8. The van der Waals surface area contributed by atoms with E-state index in [4.69, 9.17) is 9.47 Å². The van der Waals surface area contributed by atoms with Gasteiger partial charge in [-0.2, -0.15) is 0 Å². The lowest BCUT2D eigenvalue weighted by Crippen LogP contribution is -2.14. The predicted molar refractivity (Wildman–Crippen MR) is 83.5 cm³/mol. The van der Waals surface area contributed by atoms with Gasteiger partial charge in [0.15, 0.2) is 0 Å². The molecule has 3 rings (SSSR count). The maximum absolute atomic E-state index is 13.8. The molecule has 5 heteroatoms. The van der Waals surface area contributed by atoms with Crippen LogP contribution in [0.15, 0.2) is 25.0 Å². The maximum Gasteiger partial charge on any atom is 0.223 e. The smallest absolute Gasteiger partial charge is 0.223 e. The number of hydrogen-bond donors (Lipinski definition) is 0. The van der Waals surface area contributed by atoms with E-state index in [1.54, 1.807) is 12.4 Å². The zero-order chi connectivity index (χ0) is 15.7.